The maximum absolute atomic E-state index is 13.0. The monoisotopic (exact) mass is 457 g/mol. The Morgan fingerprint density at radius 1 is 1.00 bits per heavy atom. The zero-order chi connectivity index (χ0) is 23.0. The summed E-state index contributed by atoms with van der Waals surface area (Å²) in [6.07, 6.45) is -1.83. The predicted molar refractivity (Wildman–Crippen MR) is 114 cm³/mol. The fraction of sp³-hybridized carbons (Fsp3) is 0.136. The molecule has 1 aromatic carbocycles. The van der Waals surface area contributed by atoms with Gasteiger partial charge in [-0.05, 0) is 61.4 Å². The van der Waals surface area contributed by atoms with E-state index in [9.17, 15) is 18.0 Å². The van der Waals surface area contributed by atoms with Gasteiger partial charge in [-0.15, -0.1) is 0 Å². The lowest BCUT2D eigenvalue weighted by Gasteiger charge is -2.11. The van der Waals surface area contributed by atoms with Crippen molar-refractivity contribution in [2.24, 2.45) is 0 Å². The second kappa shape index (κ2) is 8.16. The SMILES string of the molecule is Cc1cc(-c2ncc3nc(C(F)(F)F)cc(C)c3n2)ccc1NC(=O)c1ccnc(Cl)c1. The first-order valence-electron chi connectivity index (χ1n) is 9.37. The number of carbonyl (C=O) groups excluding carboxylic acids is 1. The number of fused-ring (bicyclic) bond motifs is 1. The number of aromatic nitrogens is 4. The van der Waals surface area contributed by atoms with Gasteiger partial charge < -0.3 is 5.32 Å². The van der Waals surface area contributed by atoms with Crippen molar-refractivity contribution in [2.45, 2.75) is 20.0 Å². The summed E-state index contributed by atoms with van der Waals surface area (Å²) in [4.78, 5) is 28.5. The summed E-state index contributed by atoms with van der Waals surface area (Å²) in [5.41, 5.74) is 2.13. The Hall–Kier alpha value is -3.59. The third-order valence-electron chi connectivity index (χ3n) is 4.75. The van der Waals surface area contributed by atoms with E-state index in [4.69, 9.17) is 11.6 Å². The zero-order valence-electron chi connectivity index (χ0n) is 16.8. The van der Waals surface area contributed by atoms with Crippen LogP contribution in [0.3, 0.4) is 0 Å². The Kier molecular flexibility index (Phi) is 5.52. The van der Waals surface area contributed by atoms with Crippen LogP contribution in [-0.2, 0) is 6.18 Å². The molecular weight excluding hydrogens is 443 g/mol. The van der Waals surface area contributed by atoms with Gasteiger partial charge in [-0.3, -0.25) is 4.79 Å². The molecule has 0 aliphatic carbocycles. The highest BCUT2D eigenvalue weighted by Gasteiger charge is 2.33. The molecule has 0 bridgehead atoms. The van der Waals surface area contributed by atoms with Gasteiger partial charge in [0.1, 0.15) is 16.4 Å². The molecule has 162 valence electrons. The fourth-order valence-electron chi connectivity index (χ4n) is 3.15. The molecule has 3 aromatic heterocycles. The summed E-state index contributed by atoms with van der Waals surface area (Å²) in [5, 5.41) is 3.02. The summed E-state index contributed by atoms with van der Waals surface area (Å²) in [5.74, 6) is -0.00155. The van der Waals surface area contributed by atoms with Crippen LogP contribution in [0.1, 0.15) is 27.2 Å². The normalized spacial score (nSPS) is 11.6. The van der Waals surface area contributed by atoms with Gasteiger partial charge >= 0.3 is 6.18 Å². The van der Waals surface area contributed by atoms with Crippen molar-refractivity contribution in [1.82, 2.24) is 19.9 Å². The third kappa shape index (κ3) is 4.38. The van der Waals surface area contributed by atoms with Crippen LogP contribution in [0.4, 0.5) is 18.9 Å². The lowest BCUT2D eigenvalue weighted by molar-refractivity contribution is -0.141. The van der Waals surface area contributed by atoms with E-state index >= 15 is 0 Å². The van der Waals surface area contributed by atoms with Crippen LogP contribution in [-0.4, -0.2) is 25.8 Å². The molecule has 6 nitrogen and oxygen atoms in total. The molecule has 0 saturated heterocycles. The van der Waals surface area contributed by atoms with Crippen LogP contribution in [0.25, 0.3) is 22.4 Å². The van der Waals surface area contributed by atoms with Crippen LogP contribution in [0.5, 0.6) is 0 Å². The molecule has 0 radical (unpaired) electrons. The van der Waals surface area contributed by atoms with Crippen LogP contribution < -0.4 is 5.32 Å². The second-order valence-electron chi connectivity index (χ2n) is 7.10. The zero-order valence-corrected chi connectivity index (χ0v) is 17.6. The molecular formula is C22H15ClF3N5O. The Balaban J connectivity index is 1.63. The number of halogens is 4. The Bertz CT molecular complexity index is 1360. The summed E-state index contributed by atoms with van der Waals surface area (Å²) in [6.45, 7) is 3.35. The van der Waals surface area contributed by atoms with Gasteiger partial charge in [0, 0.05) is 23.0 Å². The molecule has 0 aliphatic heterocycles. The Labute approximate surface area is 185 Å². The Morgan fingerprint density at radius 2 is 1.78 bits per heavy atom. The molecule has 0 spiro atoms. The first-order chi connectivity index (χ1) is 15.1. The number of alkyl halides is 3. The average Bonchev–Trinajstić information content (AvgIpc) is 2.74. The molecule has 4 rings (SSSR count). The first kappa shape index (κ1) is 21.6. The van der Waals surface area contributed by atoms with Crippen LogP contribution in [0.15, 0.2) is 48.8 Å². The number of carbonyl (C=O) groups is 1. The number of amides is 1. The molecule has 32 heavy (non-hydrogen) atoms. The van der Waals surface area contributed by atoms with Crippen LogP contribution in [0.2, 0.25) is 5.15 Å². The number of nitrogens with zero attached hydrogens (tertiary/aromatic N) is 4. The van der Waals surface area contributed by atoms with Crippen molar-refractivity contribution in [2.75, 3.05) is 5.32 Å². The quantitative estimate of drug-likeness (QED) is 0.403. The standard InChI is InChI=1S/C22H15ClF3N5O/c1-11-7-13(3-4-15(11)30-21(32)14-5-6-27-18(23)9-14)20-28-10-16-19(31-20)12(2)8-17(29-16)22(24,25)26/h3-10H,1-2H3,(H,30,32). The summed E-state index contributed by atoms with van der Waals surface area (Å²) in [6, 6.07) is 9.18. The van der Waals surface area contributed by atoms with Crippen molar-refractivity contribution in [1.29, 1.82) is 0 Å². The summed E-state index contributed by atoms with van der Waals surface area (Å²) in [7, 11) is 0. The van der Waals surface area contributed by atoms with E-state index < -0.39 is 11.9 Å². The predicted octanol–water partition coefficient (Wildman–Crippen LogP) is 5.63. The minimum atomic E-state index is -4.55. The number of benzene rings is 1. The smallest absolute Gasteiger partial charge is 0.322 e. The molecule has 0 aliphatic rings. The van der Waals surface area contributed by atoms with E-state index in [0.29, 0.717) is 33.7 Å². The molecule has 1 N–H and O–H groups in total. The third-order valence-corrected chi connectivity index (χ3v) is 4.96. The number of nitrogens with one attached hydrogen (secondary N) is 1. The maximum Gasteiger partial charge on any atom is 0.433 e. The molecule has 1 amide bonds. The van der Waals surface area contributed by atoms with Crippen LogP contribution >= 0.6 is 11.6 Å². The molecule has 0 saturated carbocycles. The van der Waals surface area contributed by atoms with E-state index in [0.717, 1.165) is 11.6 Å². The summed E-state index contributed by atoms with van der Waals surface area (Å²) < 4.78 is 39.0. The van der Waals surface area contributed by atoms with Gasteiger partial charge in [-0.2, -0.15) is 13.2 Å². The molecule has 3 heterocycles. The number of rotatable bonds is 3. The molecule has 10 heteroatoms. The van der Waals surface area contributed by atoms with Crippen molar-refractivity contribution in [3.8, 4) is 11.4 Å². The largest absolute Gasteiger partial charge is 0.433 e. The van der Waals surface area contributed by atoms with Gasteiger partial charge in [0.25, 0.3) is 5.91 Å². The fourth-order valence-corrected chi connectivity index (χ4v) is 3.32. The molecule has 4 aromatic rings. The van der Waals surface area contributed by atoms with E-state index in [1.165, 1.54) is 18.5 Å². The van der Waals surface area contributed by atoms with Crippen molar-refractivity contribution in [3.63, 3.8) is 0 Å². The van der Waals surface area contributed by atoms with Gasteiger partial charge in [0.05, 0.1) is 11.7 Å². The number of anilines is 1. The topological polar surface area (TPSA) is 80.7 Å². The maximum atomic E-state index is 13.0. The summed E-state index contributed by atoms with van der Waals surface area (Å²) >= 11 is 5.83. The molecule has 0 atom stereocenters. The first-order valence-corrected chi connectivity index (χ1v) is 9.75. The minimum absolute atomic E-state index is 0.0673. The number of aryl methyl sites for hydroxylation is 2. The van der Waals surface area contributed by atoms with Crippen molar-refractivity contribution in [3.05, 3.63) is 76.3 Å². The van der Waals surface area contributed by atoms with E-state index in [2.05, 4.69) is 25.3 Å². The molecule has 0 fully saturated rings. The van der Waals surface area contributed by atoms with Crippen molar-refractivity contribution >= 4 is 34.2 Å². The van der Waals surface area contributed by atoms with Gasteiger partial charge in [-0.1, -0.05) is 11.6 Å². The van der Waals surface area contributed by atoms with Gasteiger partial charge in [0.2, 0.25) is 0 Å². The van der Waals surface area contributed by atoms with E-state index in [-0.39, 0.29) is 16.6 Å². The van der Waals surface area contributed by atoms with Crippen LogP contribution in [0, 0.1) is 13.8 Å². The van der Waals surface area contributed by atoms with Gasteiger partial charge in [-0.25, -0.2) is 19.9 Å². The lowest BCUT2D eigenvalue weighted by atomic mass is 10.1. The minimum Gasteiger partial charge on any atom is -0.322 e. The number of pyridine rings is 2. The second-order valence-corrected chi connectivity index (χ2v) is 7.49. The van der Waals surface area contributed by atoms with E-state index in [1.807, 2.05) is 6.92 Å². The number of hydrogen-bond donors (Lipinski definition) is 1. The van der Waals surface area contributed by atoms with Gasteiger partial charge in [0.15, 0.2) is 5.82 Å². The molecule has 0 unspecified atom stereocenters. The highest BCUT2D eigenvalue weighted by molar-refractivity contribution is 6.29. The highest BCUT2D eigenvalue weighted by atomic mass is 35.5. The average molecular weight is 458 g/mol. The Morgan fingerprint density at radius 3 is 2.47 bits per heavy atom. The number of hydrogen-bond acceptors (Lipinski definition) is 5. The van der Waals surface area contributed by atoms with Crippen molar-refractivity contribution < 1.29 is 18.0 Å². The lowest BCUT2D eigenvalue weighted by Crippen LogP contribution is -2.13. The van der Waals surface area contributed by atoms with E-state index in [1.54, 1.807) is 31.2 Å². The highest BCUT2D eigenvalue weighted by Crippen LogP contribution is 2.31.